The van der Waals surface area contributed by atoms with Crippen LogP contribution in [0.15, 0.2) is 211 Å². The lowest BCUT2D eigenvalue weighted by molar-refractivity contribution is 0.353. The van der Waals surface area contributed by atoms with E-state index in [9.17, 15) is 0 Å². The predicted octanol–water partition coefficient (Wildman–Crippen LogP) is 16.3. The summed E-state index contributed by atoms with van der Waals surface area (Å²) in [4.78, 5) is 2.47. The first-order valence-electron chi connectivity index (χ1n) is 21.0. The summed E-state index contributed by atoms with van der Waals surface area (Å²) in [6, 6.07) is 65.8. The standard InChI is InChI=1S/C57H45NS/c1-3-15-52-38(2)46-19-11-13-24-53(46)57(52,42-17-5-4-6-18-42)43-29-33-45(34-30-43)58(54-37-41-16-7-8-20-47(41)48-21-9-10-22-49(48)54)44-31-26-39(27-32-44)40-28-35-56-51(36-40)50-23-12-14-25-55(50)59-56/h3-10,12-18,20-37,46,53H,11,19H2,1-2H3/b15-3-. The first kappa shape index (κ1) is 35.7. The molecule has 1 nitrogen and oxygen atoms in total. The molecule has 3 atom stereocenters. The highest BCUT2D eigenvalue weighted by Gasteiger charge is 2.53. The Labute approximate surface area is 350 Å². The molecule has 9 aromatic rings. The van der Waals surface area contributed by atoms with Crippen LogP contribution in [0.5, 0.6) is 0 Å². The monoisotopic (exact) mass is 775 g/mol. The van der Waals surface area contributed by atoms with Gasteiger partial charge in [-0.2, -0.15) is 0 Å². The second-order valence-corrected chi connectivity index (χ2v) is 17.4. The van der Waals surface area contributed by atoms with Crippen molar-refractivity contribution in [2.45, 2.75) is 32.1 Å². The molecule has 11 rings (SSSR count). The third kappa shape index (κ3) is 5.65. The molecular formula is C57H45NS. The van der Waals surface area contributed by atoms with Gasteiger partial charge in [-0.3, -0.25) is 0 Å². The van der Waals surface area contributed by atoms with Gasteiger partial charge in [-0.1, -0.05) is 157 Å². The van der Waals surface area contributed by atoms with Crippen molar-refractivity contribution in [1.29, 1.82) is 0 Å². The maximum atomic E-state index is 2.53. The number of anilines is 3. The fourth-order valence-electron chi connectivity index (χ4n) is 10.7. The van der Waals surface area contributed by atoms with Crippen LogP contribution in [-0.4, -0.2) is 0 Å². The van der Waals surface area contributed by atoms with E-state index in [1.807, 2.05) is 11.3 Å². The zero-order chi connectivity index (χ0) is 39.5. The van der Waals surface area contributed by atoms with Gasteiger partial charge in [0.05, 0.1) is 11.1 Å². The molecule has 3 unspecified atom stereocenters. The minimum atomic E-state index is -0.283. The minimum absolute atomic E-state index is 0.283. The maximum absolute atomic E-state index is 2.53. The molecule has 0 saturated heterocycles. The summed E-state index contributed by atoms with van der Waals surface area (Å²) in [5, 5.41) is 7.65. The molecule has 1 aromatic heterocycles. The van der Waals surface area contributed by atoms with E-state index in [0.29, 0.717) is 11.8 Å². The minimum Gasteiger partial charge on any atom is -0.310 e. The van der Waals surface area contributed by atoms with Crippen molar-refractivity contribution in [2.24, 2.45) is 11.8 Å². The molecule has 2 aliphatic carbocycles. The molecule has 0 fully saturated rings. The summed E-state index contributed by atoms with van der Waals surface area (Å²) in [5.74, 6) is 0.874. The number of nitrogens with zero attached hydrogens (tertiary/aromatic N) is 1. The van der Waals surface area contributed by atoms with Crippen molar-refractivity contribution < 1.29 is 0 Å². The van der Waals surface area contributed by atoms with Crippen molar-refractivity contribution in [2.75, 3.05) is 4.90 Å². The first-order valence-corrected chi connectivity index (χ1v) is 21.8. The van der Waals surface area contributed by atoms with Crippen LogP contribution in [0.2, 0.25) is 0 Å². The second kappa shape index (κ2) is 14.4. The van der Waals surface area contributed by atoms with Crippen molar-refractivity contribution >= 4 is 70.1 Å². The Kier molecular flexibility index (Phi) is 8.71. The summed E-state index contributed by atoms with van der Waals surface area (Å²) in [6.07, 6.45) is 11.9. The van der Waals surface area contributed by atoms with Gasteiger partial charge < -0.3 is 4.90 Å². The molecule has 0 bridgehead atoms. The Morgan fingerprint density at radius 2 is 1.20 bits per heavy atom. The Balaban J connectivity index is 1.09. The molecule has 284 valence electrons. The fraction of sp³-hybridized carbons (Fsp3) is 0.123. The van der Waals surface area contributed by atoms with Crippen LogP contribution in [-0.2, 0) is 5.41 Å². The van der Waals surface area contributed by atoms with Gasteiger partial charge in [0.1, 0.15) is 0 Å². The summed E-state index contributed by atoms with van der Waals surface area (Å²) >= 11 is 1.87. The molecule has 8 aromatic carbocycles. The van der Waals surface area contributed by atoms with Gasteiger partial charge >= 0.3 is 0 Å². The molecule has 0 radical (unpaired) electrons. The Morgan fingerprint density at radius 3 is 1.98 bits per heavy atom. The molecule has 1 heterocycles. The third-order valence-electron chi connectivity index (χ3n) is 13.3. The molecule has 0 saturated carbocycles. The van der Waals surface area contributed by atoms with Crippen LogP contribution in [0.3, 0.4) is 0 Å². The lowest BCUT2D eigenvalue weighted by atomic mass is 9.61. The van der Waals surface area contributed by atoms with Gasteiger partial charge in [-0.15, -0.1) is 11.3 Å². The lowest BCUT2D eigenvalue weighted by Gasteiger charge is -2.41. The maximum Gasteiger partial charge on any atom is 0.0546 e. The molecule has 0 aliphatic heterocycles. The van der Waals surface area contributed by atoms with Gasteiger partial charge in [0, 0.05) is 42.9 Å². The number of benzene rings is 8. The van der Waals surface area contributed by atoms with E-state index in [4.69, 9.17) is 0 Å². The number of hydrogen-bond donors (Lipinski definition) is 0. The van der Waals surface area contributed by atoms with E-state index >= 15 is 0 Å². The normalized spacial score (nSPS) is 19.1. The molecule has 2 heteroatoms. The third-order valence-corrected chi connectivity index (χ3v) is 14.4. The van der Waals surface area contributed by atoms with Crippen molar-refractivity contribution in [1.82, 2.24) is 0 Å². The van der Waals surface area contributed by atoms with Gasteiger partial charge in [0.15, 0.2) is 0 Å². The molecule has 0 N–H and O–H groups in total. The number of allylic oxidation sites excluding steroid dienone is 6. The molecule has 0 spiro atoms. The zero-order valence-corrected chi connectivity index (χ0v) is 34.3. The SMILES string of the molecule is C/C=C\C1=C(C)C2CCC=CC2C1(c1ccccc1)c1ccc(N(c2ccc(-c3ccc4sc5ccccc5c4c3)cc2)c2cc3ccccc3c3ccccc23)cc1. The summed E-state index contributed by atoms with van der Waals surface area (Å²) in [6.45, 7) is 4.55. The summed E-state index contributed by atoms with van der Waals surface area (Å²) in [5.41, 5.74) is 11.3. The van der Waals surface area contributed by atoms with E-state index in [-0.39, 0.29) is 5.41 Å². The van der Waals surface area contributed by atoms with Crippen molar-refractivity contribution in [3.63, 3.8) is 0 Å². The lowest BCUT2D eigenvalue weighted by Crippen LogP contribution is -2.37. The predicted molar refractivity (Wildman–Crippen MR) is 255 cm³/mol. The van der Waals surface area contributed by atoms with E-state index in [1.54, 1.807) is 0 Å². The highest BCUT2D eigenvalue weighted by Crippen LogP contribution is 2.59. The smallest absolute Gasteiger partial charge is 0.0546 e. The quantitative estimate of drug-likeness (QED) is 0.115. The molecule has 59 heavy (non-hydrogen) atoms. The summed E-state index contributed by atoms with van der Waals surface area (Å²) in [7, 11) is 0. The van der Waals surface area contributed by atoms with E-state index in [1.165, 1.54) is 87.2 Å². The first-order chi connectivity index (χ1) is 29.1. The van der Waals surface area contributed by atoms with Crippen LogP contribution in [0.25, 0.3) is 52.8 Å². The zero-order valence-electron chi connectivity index (χ0n) is 33.5. The number of thiophene rings is 1. The topological polar surface area (TPSA) is 3.24 Å². The van der Waals surface area contributed by atoms with Crippen LogP contribution in [0.4, 0.5) is 17.1 Å². The highest BCUT2D eigenvalue weighted by molar-refractivity contribution is 7.25. The van der Waals surface area contributed by atoms with E-state index in [0.717, 1.165) is 17.8 Å². The number of fused-ring (bicyclic) bond motifs is 7. The van der Waals surface area contributed by atoms with Crippen molar-refractivity contribution in [3.8, 4) is 11.1 Å². The fourth-order valence-corrected chi connectivity index (χ4v) is 11.8. The molecule has 2 aliphatic rings. The van der Waals surface area contributed by atoms with Gasteiger partial charge in [-0.05, 0) is 125 Å². The summed E-state index contributed by atoms with van der Waals surface area (Å²) < 4.78 is 2.66. The second-order valence-electron chi connectivity index (χ2n) is 16.3. The molecular weight excluding hydrogens is 731 g/mol. The Bertz CT molecular complexity index is 3130. The molecule has 0 amide bonds. The van der Waals surface area contributed by atoms with E-state index in [2.05, 4.69) is 219 Å². The van der Waals surface area contributed by atoms with Gasteiger partial charge in [0.25, 0.3) is 0 Å². The average molecular weight is 776 g/mol. The van der Waals surface area contributed by atoms with Crippen LogP contribution >= 0.6 is 11.3 Å². The van der Waals surface area contributed by atoms with E-state index < -0.39 is 0 Å². The highest BCUT2D eigenvalue weighted by atomic mass is 32.1. The van der Waals surface area contributed by atoms with Gasteiger partial charge in [-0.25, -0.2) is 0 Å². The number of rotatable bonds is 7. The Morgan fingerprint density at radius 1 is 0.576 bits per heavy atom. The number of hydrogen-bond acceptors (Lipinski definition) is 2. The largest absolute Gasteiger partial charge is 0.310 e. The van der Waals surface area contributed by atoms with Crippen LogP contribution in [0, 0.1) is 11.8 Å². The average Bonchev–Trinajstić information content (AvgIpc) is 3.80. The van der Waals surface area contributed by atoms with Crippen LogP contribution in [0.1, 0.15) is 37.8 Å². The van der Waals surface area contributed by atoms with Crippen LogP contribution < -0.4 is 4.90 Å². The van der Waals surface area contributed by atoms with Crippen molar-refractivity contribution in [3.05, 3.63) is 223 Å². The Hall–Kier alpha value is -6.48. The van der Waals surface area contributed by atoms with Gasteiger partial charge in [0.2, 0.25) is 0 Å².